The second-order valence-electron chi connectivity index (χ2n) is 2.61. The summed E-state index contributed by atoms with van der Waals surface area (Å²) >= 11 is 0. The van der Waals surface area contributed by atoms with Crippen molar-refractivity contribution >= 4 is 12.1 Å². The number of carbonyl (C=O) groups is 2. The molecule has 14 heavy (non-hydrogen) atoms. The van der Waals surface area contributed by atoms with Gasteiger partial charge in [0.1, 0.15) is 5.82 Å². The Balaban J connectivity index is 3.03. The maximum atomic E-state index is 13.0. The molecular weight excluding hydrogens is 185 g/mol. The molecule has 0 saturated heterocycles. The van der Waals surface area contributed by atoms with Crippen LogP contribution in [0.25, 0.3) is 0 Å². The molecule has 1 aromatic carbocycles. The van der Waals surface area contributed by atoms with Crippen LogP contribution in [0.2, 0.25) is 0 Å². The minimum atomic E-state index is -0.746. The molecule has 3 nitrogen and oxygen atoms in total. The number of carbonyl (C=O) groups excluding carboxylic acids is 2. The molecule has 0 aliphatic heterocycles. The van der Waals surface area contributed by atoms with Crippen molar-refractivity contribution in [1.82, 2.24) is 0 Å². The highest BCUT2D eigenvalue weighted by Gasteiger charge is 2.08. The zero-order valence-electron chi connectivity index (χ0n) is 7.16. The fourth-order valence-corrected chi connectivity index (χ4v) is 0.970. The van der Waals surface area contributed by atoms with Crippen molar-refractivity contribution < 1.29 is 14.0 Å². The number of ketones is 1. The molecule has 0 heterocycles. The van der Waals surface area contributed by atoms with Gasteiger partial charge in [-0.1, -0.05) is 6.07 Å². The zero-order chi connectivity index (χ0) is 10.6. The first-order valence-corrected chi connectivity index (χ1v) is 3.84. The number of benzene rings is 1. The van der Waals surface area contributed by atoms with Crippen molar-refractivity contribution in [2.24, 2.45) is 0 Å². The van der Waals surface area contributed by atoms with Crippen LogP contribution in [0.5, 0.6) is 0 Å². The maximum Gasteiger partial charge on any atom is 0.176 e. The Hall–Kier alpha value is -2.02. The van der Waals surface area contributed by atoms with Gasteiger partial charge in [-0.05, 0) is 12.1 Å². The van der Waals surface area contributed by atoms with E-state index in [1.54, 1.807) is 6.07 Å². The van der Waals surface area contributed by atoms with Gasteiger partial charge in [-0.3, -0.25) is 9.59 Å². The molecule has 0 atom stereocenters. The second-order valence-corrected chi connectivity index (χ2v) is 2.61. The summed E-state index contributed by atoms with van der Waals surface area (Å²) in [4.78, 5) is 21.4. The van der Waals surface area contributed by atoms with E-state index < -0.39 is 11.6 Å². The van der Waals surface area contributed by atoms with Crippen LogP contribution in [-0.4, -0.2) is 12.1 Å². The summed E-state index contributed by atoms with van der Waals surface area (Å²) < 4.78 is 13.0. The molecule has 0 aliphatic carbocycles. The molecule has 0 saturated carbocycles. The molecule has 0 amide bonds. The minimum Gasteiger partial charge on any atom is -0.298 e. The Kier molecular flexibility index (Phi) is 3.08. The van der Waals surface area contributed by atoms with Gasteiger partial charge in [-0.25, -0.2) is 4.39 Å². The van der Waals surface area contributed by atoms with E-state index in [1.165, 1.54) is 12.1 Å². The van der Waals surface area contributed by atoms with Crippen LogP contribution >= 0.6 is 0 Å². The summed E-state index contributed by atoms with van der Waals surface area (Å²) in [5.41, 5.74) is 0.00755. The monoisotopic (exact) mass is 191 g/mol. The highest BCUT2D eigenvalue weighted by atomic mass is 19.1. The second kappa shape index (κ2) is 4.28. The molecule has 0 radical (unpaired) electrons. The predicted octanol–water partition coefficient (Wildman–Crippen LogP) is 1.73. The third-order valence-corrected chi connectivity index (χ3v) is 1.69. The van der Waals surface area contributed by atoms with Crippen LogP contribution in [0.3, 0.4) is 0 Å². The maximum absolute atomic E-state index is 13.0. The van der Waals surface area contributed by atoms with Gasteiger partial charge in [-0.15, -0.1) is 0 Å². The summed E-state index contributed by atoms with van der Waals surface area (Å²) in [5.74, 6) is -1.20. The number of Topliss-reactive ketones (excluding diaryl/α,β-unsaturated/α-hetero) is 1. The van der Waals surface area contributed by atoms with Gasteiger partial charge in [0.05, 0.1) is 18.1 Å². The number of nitriles is 1. The quantitative estimate of drug-likeness (QED) is 0.540. The zero-order valence-corrected chi connectivity index (χ0v) is 7.16. The lowest BCUT2D eigenvalue weighted by Gasteiger charge is -1.98. The SMILES string of the molecule is N#CCC(=O)c1ccc(C=O)c(F)c1. The van der Waals surface area contributed by atoms with E-state index in [0.717, 1.165) is 6.07 Å². The van der Waals surface area contributed by atoms with Gasteiger partial charge in [-0.2, -0.15) is 5.26 Å². The van der Waals surface area contributed by atoms with Crippen LogP contribution < -0.4 is 0 Å². The molecule has 1 aromatic rings. The van der Waals surface area contributed by atoms with Crippen LogP contribution in [-0.2, 0) is 0 Å². The van der Waals surface area contributed by atoms with Crippen LogP contribution in [0.1, 0.15) is 27.1 Å². The summed E-state index contributed by atoms with van der Waals surface area (Å²) in [6, 6.07) is 5.18. The van der Waals surface area contributed by atoms with Gasteiger partial charge in [0.15, 0.2) is 12.1 Å². The standard InChI is InChI=1S/C10H6FNO2/c11-9-5-7(10(14)3-4-12)1-2-8(9)6-13/h1-2,5-6H,3H2. The van der Waals surface area contributed by atoms with Crippen molar-refractivity contribution in [3.8, 4) is 6.07 Å². The lowest BCUT2D eigenvalue weighted by molar-refractivity contribution is 0.0996. The highest BCUT2D eigenvalue weighted by molar-refractivity contribution is 5.97. The van der Waals surface area contributed by atoms with E-state index in [9.17, 15) is 14.0 Å². The molecule has 70 valence electrons. The van der Waals surface area contributed by atoms with Crippen molar-refractivity contribution in [3.05, 3.63) is 35.1 Å². The van der Waals surface area contributed by atoms with Crippen LogP contribution in [0.15, 0.2) is 18.2 Å². The highest BCUT2D eigenvalue weighted by Crippen LogP contribution is 2.10. The van der Waals surface area contributed by atoms with Gasteiger partial charge >= 0.3 is 0 Å². The molecule has 0 aliphatic rings. The topological polar surface area (TPSA) is 57.9 Å². The molecular formula is C10H6FNO2. The summed E-state index contributed by atoms with van der Waals surface area (Å²) in [6.45, 7) is 0. The largest absolute Gasteiger partial charge is 0.298 e. The normalized spacial score (nSPS) is 9.14. The van der Waals surface area contributed by atoms with E-state index in [-0.39, 0.29) is 17.5 Å². The van der Waals surface area contributed by atoms with E-state index in [0.29, 0.717) is 6.29 Å². The van der Waals surface area contributed by atoms with Gasteiger partial charge in [0, 0.05) is 5.56 Å². The smallest absolute Gasteiger partial charge is 0.176 e. The van der Waals surface area contributed by atoms with Crippen molar-refractivity contribution in [2.75, 3.05) is 0 Å². The number of halogens is 1. The fraction of sp³-hybridized carbons (Fsp3) is 0.100. The first-order valence-electron chi connectivity index (χ1n) is 3.84. The summed E-state index contributed by atoms with van der Waals surface area (Å²) in [7, 11) is 0. The van der Waals surface area contributed by atoms with E-state index in [1.807, 2.05) is 0 Å². The average molecular weight is 191 g/mol. The van der Waals surface area contributed by atoms with E-state index in [4.69, 9.17) is 5.26 Å². The lowest BCUT2D eigenvalue weighted by atomic mass is 10.1. The average Bonchev–Trinajstić information content (AvgIpc) is 2.18. The van der Waals surface area contributed by atoms with Gasteiger partial charge in [0.25, 0.3) is 0 Å². The predicted molar refractivity (Wildman–Crippen MR) is 46.3 cm³/mol. The Morgan fingerprint density at radius 1 is 1.57 bits per heavy atom. The van der Waals surface area contributed by atoms with Gasteiger partial charge in [0.2, 0.25) is 0 Å². The first kappa shape index (κ1) is 10.1. The third kappa shape index (κ3) is 2.02. The Morgan fingerprint density at radius 2 is 2.29 bits per heavy atom. The minimum absolute atomic E-state index is 0.0986. The summed E-state index contributed by atoms with van der Waals surface area (Å²) in [6.07, 6.45) is 0.0771. The molecule has 0 fully saturated rings. The molecule has 0 aromatic heterocycles. The van der Waals surface area contributed by atoms with Crippen LogP contribution in [0.4, 0.5) is 4.39 Å². The van der Waals surface area contributed by atoms with Crippen molar-refractivity contribution in [3.63, 3.8) is 0 Å². The lowest BCUT2D eigenvalue weighted by Crippen LogP contribution is -1.99. The fourth-order valence-electron chi connectivity index (χ4n) is 0.970. The molecule has 0 spiro atoms. The molecule has 0 bridgehead atoms. The molecule has 1 rings (SSSR count). The van der Waals surface area contributed by atoms with Crippen LogP contribution in [0, 0.1) is 17.1 Å². The summed E-state index contributed by atoms with van der Waals surface area (Å²) in [5, 5.41) is 8.25. The number of nitrogens with zero attached hydrogens (tertiary/aromatic N) is 1. The van der Waals surface area contributed by atoms with Crippen molar-refractivity contribution in [1.29, 1.82) is 5.26 Å². The Bertz CT molecular complexity index is 421. The Morgan fingerprint density at radius 3 is 2.79 bits per heavy atom. The first-order chi connectivity index (χ1) is 6.69. The Labute approximate surface area is 79.8 Å². The molecule has 0 unspecified atom stereocenters. The number of hydrogen-bond donors (Lipinski definition) is 0. The number of rotatable bonds is 3. The number of aldehydes is 1. The molecule has 0 N–H and O–H groups in total. The van der Waals surface area contributed by atoms with E-state index in [2.05, 4.69) is 0 Å². The third-order valence-electron chi connectivity index (χ3n) is 1.69. The molecule has 4 heteroatoms. The van der Waals surface area contributed by atoms with E-state index >= 15 is 0 Å². The number of hydrogen-bond acceptors (Lipinski definition) is 3. The van der Waals surface area contributed by atoms with Gasteiger partial charge < -0.3 is 0 Å². The van der Waals surface area contributed by atoms with Crippen molar-refractivity contribution in [2.45, 2.75) is 6.42 Å².